The maximum absolute atomic E-state index is 6.72. The number of ether oxygens (including phenoxy) is 1. The molecule has 4 rings (SSSR count). The van der Waals surface area contributed by atoms with E-state index in [1.165, 1.54) is 127 Å². The molecule has 3 saturated carbocycles. The Morgan fingerprint density at radius 2 is 1.18 bits per heavy atom. The Labute approximate surface area is 248 Å². The molecule has 0 heterocycles. The van der Waals surface area contributed by atoms with Crippen molar-refractivity contribution < 1.29 is 4.74 Å². The van der Waals surface area contributed by atoms with Crippen LogP contribution >= 0.6 is 0 Å². The first-order valence-corrected chi connectivity index (χ1v) is 17.6. The van der Waals surface area contributed by atoms with Crippen LogP contribution in [0.15, 0.2) is 37.4 Å². The molecule has 0 aliphatic heterocycles. The van der Waals surface area contributed by atoms with E-state index in [-0.39, 0.29) is 0 Å². The molecule has 1 aromatic rings. The van der Waals surface area contributed by atoms with Gasteiger partial charge in [0.15, 0.2) is 0 Å². The monoisotopic (exact) mass is 546 g/mol. The fourth-order valence-corrected chi connectivity index (χ4v) is 8.67. The fraction of sp³-hybridized carbons (Fsp3) is 0.744. The number of unbranched alkanes of at least 4 members (excludes halogenated alkanes) is 2. The van der Waals surface area contributed by atoms with Gasteiger partial charge in [-0.25, -0.2) is 0 Å². The van der Waals surface area contributed by atoms with Crippen LogP contribution in [0.5, 0.6) is 5.75 Å². The molecule has 40 heavy (non-hydrogen) atoms. The first-order valence-electron chi connectivity index (χ1n) is 17.6. The first kappa shape index (κ1) is 31.4. The highest BCUT2D eigenvalue weighted by molar-refractivity contribution is 5.47. The van der Waals surface area contributed by atoms with E-state index in [1.54, 1.807) is 5.56 Å². The van der Waals surface area contributed by atoms with Crippen LogP contribution in [0.1, 0.15) is 152 Å². The summed E-state index contributed by atoms with van der Waals surface area (Å²) in [5.74, 6) is 6.52. The normalized spacial score (nSPS) is 29.1. The van der Waals surface area contributed by atoms with Crippen LogP contribution in [0.3, 0.4) is 0 Å². The number of rotatable bonds is 15. The van der Waals surface area contributed by atoms with Gasteiger partial charge >= 0.3 is 0 Å². The molecule has 0 unspecified atom stereocenters. The zero-order valence-electron chi connectivity index (χ0n) is 26.4. The third-order valence-electron chi connectivity index (χ3n) is 11.1. The maximum Gasteiger partial charge on any atom is 0.126 e. The fourth-order valence-electron chi connectivity index (χ4n) is 8.67. The molecule has 1 heteroatoms. The summed E-state index contributed by atoms with van der Waals surface area (Å²) in [4.78, 5) is 0. The van der Waals surface area contributed by atoms with Gasteiger partial charge in [-0.1, -0.05) is 102 Å². The molecule has 0 bridgehead atoms. The van der Waals surface area contributed by atoms with Gasteiger partial charge in [-0.3, -0.25) is 0 Å². The highest BCUT2D eigenvalue weighted by Gasteiger charge is 2.31. The lowest BCUT2D eigenvalue weighted by molar-refractivity contribution is 0.156. The Morgan fingerprint density at radius 1 is 0.650 bits per heavy atom. The van der Waals surface area contributed by atoms with Crippen LogP contribution in [0.25, 0.3) is 0 Å². The van der Waals surface area contributed by atoms with Crippen molar-refractivity contribution in [3.8, 4) is 5.75 Å². The van der Waals surface area contributed by atoms with Crippen LogP contribution in [-0.4, -0.2) is 6.61 Å². The van der Waals surface area contributed by atoms with Crippen molar-refractivity contribution in [3.05, 3.63) is 54.1 Å². The Morgan fingerprint density at radius 3 is 1.73 bits per heavy atom. The van der Waals surface area contributed by atoms with Crippen molar-refractivity contribution in [3.63, 3.8) is 0 Å². The summed E-state index contributed by atoms with van der Waals surface area (Å²) in [5.41, 5.74) is 4.27. The number of hydrogen-bond donors (Lipinski definition) is 0. The summed E-state index contributed by atoms with van der Waals surface area (Å²) < 4.78 is 6.72. The van der Waals surface area contributed by atoms with Gasteiger partial charge < -0.3 is 4.74 Å². The van der Waals surface area contributed by atoms with E-state index in [2.05, 4.69) is 51.3 Å². The van der Waals surface area contributed by atoms with E-state index in [0.717, 1.165) is 48.9 Å². The highest BCUT2D eigenvalue weighted by atomic mass is 16.5. The van der Waals surface area contributed by atoms with E-state index < -0.39 is 0 Å². The van der Waals surface area contributed by atoms with Crippen molar-refractivity contribution in [2.45, 2.75) is 148 Å². The van der Waals surface area contributed by atoms with Crippen LogP contribution in [-0.2, 0) is 12.8 Å². The summed E-state index contributed by atoms with van der Waals surface area (Å²) >= 11 is 0. The second kappa shape index (κ2) is 16.8. The van der Waals surface area contributed by atoms with Gasteiger partial charge in [0.1, 0.15) is 5.75 Å². The molecule has 0 atom stereocenters. The molecule has 3 aliphatic carbocycles. The van der Waals surface area contributed by atoms with Crippen LogP contribution < -0.4 is 4.74 Å². The molecule has 3 fully saturated rings. The summed E-state index contributed by atoms with van der Waals surface area (Å²) in [7, 11) is 0. The quantitative estimate of drug-likeness (QED) is 0.157. The zero-order valence-corrected chi connectivity index (χ0v) is 26.4. The molecule has 224 valence electrons. The summed E-state index contributed by atoms with van der Waals surface area (Å²) in [6.07, 6.45) is 31.4. The van der Waals surface area contributed by atoms with E-state index in [1.807, 2.05) is 0 Å². The molecule has 1 nitrogen and oxygen atoms in total. The molecule has 0 N–H and O–H groups in total. The lowest BCUT2D eigenvalue weighted by Crippen LogP contribution is -2.25. The molecule has 0 spiro atoms. The van der Waals surface area contributed by atoms with E-state index >= 15 is 0 Å². The number of hydrogen-bond acceptors (Lipinski definition) is 1. The van der Waals surface area contributed by atoms with Crippen molar-refractivity contribution in [2.75, 3.05) is 6.61 Å². The van der Waals surface area contributed by atoms with Crippen LogP contribution in [0.4, 0.5) is 0 Å². The highest BCUT2D eigenvalue weighted by Crippen LogP contribution is 2.45. The summed E-state index contributed by atoms with van der Waals surface area (Å²) in [5, 5.41) is 0. The van der Waals surface area contributed by atoms with Crippen LogP contribution in [0.2, 0.25) is 0 Å². The number of benzene rings is 1. The van der Waals surface area contributed by atoms with Crippen molar-refractivity contribution in [2.24, 2.45) is 29.6 Å². The third-order valence-corrected chi connectivity index (χ3v) is 11.1. The SMILES string of the molecule is C=CCc1cc(C2CCC(C3CCC(CCC)CC3)CC2)cc(CC=C)c1OCC1CCC(CCCCC)CC1. The Hall–Kier alpha value is -1.50. The molecule has 0 aromatic heterocycles. The zero-order chi connectivity index (χ0) is 28.2. The lowest BCUT2D eigenvalue weighted by Gasteiger charge is -2.38. The lowest BCUT2D eigenvalue weighted by atomic mass is 9.68. The summed E-state index contributed by atoms with van der Waals surface area (Å²) in [6.45, 7) is 13.8. The van der Waals surface area contributed by atoms with Gasteiger partial charge in [0, 0.05) is 0 Å². The first-order chi connectivity index (χ1) is 19.6. The van der Waals surface area contributed by atoms with Crippen molar-refractivity contribution in [1.82, 2.24) is 0 Å². The standard InChI is InChI=1S/C39H62O/c1-5-9-10-14-31-15-17-32(18-16-31)29-40-39-36(12-7-3)27-38(28-37(39)13-8-4)35-25-23-34(24-26-35)33-21-19-30(11-6-2)20-22-33/h7-8,27-28,30-35H,3-6,9-26,29H2,1-2H3. The van der Waals surface area contributed by atoms with Gasteiger partial charge in [0.25, 0.3) is 0 Å². The predicted octanol–water partition coefficient (Wildman–Crippen LogP) is 11.8. The smallest absolute Gasteiger partial charge is 0.126 e. The second-order valence-corrected chi connectivity index (χ2v) is 14.0. The summed E-state index contributed by atoms with van der Waals surface area (Å²) in [6, 6.07) is 4.99. The van der Waals surface area contributed by atoms with E-state index in [9.17, 15) is 0 Å². The van der Waals surface area contributed by atoms with Gasteiger partial charge in [-0.15, -0.1) is 13.2 Å². The average molecular weight is 547 g/mol. The average Bonchev–Trinajstić information content (AvgIpc) is 2.98. The number of allylic oxidation sites excluding steroid dienone is 2. The minimum atomic E-state index is 0.705. The van der Waals surface area contributed by atoms with Crippen molar-refractivity contribution in [1.29, 1.82) is 0 Å². The maximum atomic E-state index is 6.72. The minimum Gasteiger partial charge on any atom is -0.493 e. The largest absolute Gasteiger partial charge is 0.493 e. The second-order valence-electron chi connectivity index (χ2n) is 14.0. The molecule has 0 radical (unpaired) electrons. The van der Waals surface area contributed by atoms with E-state index in [4.69, 9.17) is 4.74 Å². The molecule has 3 aliphatic rings. The third kappa shape index (κ3) is 9.00. The Kier molecular flexibility index (Phi) is 13.2. The molecule has 1 aromatic carbocycles. The van der Waals surface area contributed by atoms with Gasteiger partial charge in [0.05, 0.1) is 6.61 Å². The predicted molar refractivity (Wildman–Crippen MR) is 174 cm³/mol. The van der Waals surface area contributed by atoms with Gasteiger partial charge in [0.2, 0.25) is 0 Å². The van der Waals surface area contributed by atoms with Crippen LogP contribution in [0, 0.1) is 29.6 Å². The molecule has 0 saturated heterocycles. The van der Waals surface area contributed by atoms with Gasteiger partial charge in [-0.05, 0) is 116 Å². The Bertz CT molecular complexity index is 843. The Balaban J connectivity index is 1.34. The molecule has 0 amide bonds. The molecular weight excluding hydrogens is 484 g/mol. The van der Waals surface area contributed by atoms with E-state index in [0.29, 0.717) is 11.8 Å². The van der Waals surface area contributed by atoms with Gasteiger partial charge in [-0.2, -0.15) is 0 Å². The van der Waals surface area contributed by atoms with Crippen molar-refractivity contribution >= 4 is 0 Å². The topological polar surface area (TPSA) is 9.23 Å². The molecular formula is C39H62O. The minimum absolute atomic E-state index is 0.705.